The molecule has 7 nitrogen and oxygen atoms in total. The first-order valence-corrected chi connectivity index (χ1v) is 9.58. The van der Waals surface area contributed by atoms with Crippen molar-refractivity contribution in [3.8, 4) is 11.5 Å². The van der Waals surface area contributed by atoms with Gasteiger partial charge in [-0.1, -0.05) is 12.1 Å². The number of phenolic OH excluding ortho intramolecular Hbond substituents is 1. The Morgan fingerprint density at radius 3 is 2.86 bits per heavy atom. The highest BCUT2D eigenvalue weighted by atomic mass is 16.5. The van der Waals surface area contributed by atoms with Gasteiger partial charge in [0.05, 0.1) is 18.3 Å². The van der Waals surface area contributed by atoms with Crippen molar-refractivity contribution in [2.75, 3.05) is 24.3 Å². The van der Waals surface area contributed by atoms with Gasteiger partial charge in [0.25, 0.3) is 0 Å². The molecule has 1 aromatic heterocycles. The van der Waals surface area contributed by atoms with Gasteiger partial charge < -0.3 is 25.8 Å². The van der Waals surface area contributed by atoms with Crippen molar-refractivity contribution in [1.82, 2.24) is 10.3 Å². The second-order valence-electron chi connectivity index (χ2n) is 6.87. The fourth-order valence-corrected chi connectivity index (χ4v) is 3.10. The number of carbonyl (C=O) groups excluding carboxylic acids is 1. The summed E-state index contributed by atoms with van der Waals surface area (Å²) in [6, 6.07) is 14.2. The number of aromatic nitrogens is 1. The van der Waals surface area contributed by atoms with E-state index >= 15 is 0 Å². The van der Waals surface area contributed by atoms with Crippen molar-refractivity contribution in [3.63, 3.8) is 0 Å². The van der Waals surface area contributed by atoms with Gasteiger partial charge in [0.1, 0.15) is 11.5 Å². The van der Waals surface area contributed by atoms with Crippen molar-refractivity contribution >= 4 is 28.3 Å². The number of rotatable bonds is 8. The average Bonchev–Trinajstić information content (AvgIpc) is 2.71. The molecule has 0 saturated carbocycles. The van der Waals surface area contributed by atoms with Crippen LogP contribution in [0.2, 0.25) is 0 Å². The van der Waals surface area contributed by atoms with Crippen molar-refractivity contribution in [2.24, 2.45) is 0 Å². The van der Waals surface area contributed by atoms with Crippen LogP contribution in [0.5, 0.6) is 11.5 Å². The molecule has 3 aromatic rings. The second-order valence-corrected chi connectivity index (χ2v) is 6.87. The van der Waals surface area contributed by atoms with Crippen molar-refractivity contribution in [2.45, 2.75) is 25.8 Å². The number of phenols is 1. The van der Waals surface area contributed by atoms with Crippen LogP contribution >= 0.6 is 0 Å². The molecule has 0 fully saturated rings. The molecule has 2 amide bonds. The van der Waals surface area contributed by atoms with Gasteiger partial charge in [-0.05, 0) is 44.0 Å². The van der Waals surface area contributed by atoms with E-state index in [-0.39, 0.29) is 17.8 Å². The number of urea groups is 1. The Labute approximate surface area is 170 Å². The maximum Gasteiger partial charge on any atom is 0.319 e. The van der Waals surface area contributed by atoms with Gasteiger partial charge in [-0.2, -0.15) is 0 Å². The molecule has 0 aliphatic carbocycles. The number of carbonyl (C=O) groups is 1. The Balaban J connectivity index is 1.47. The molecular formula is C22H26N4O3. The first-order chi connectivity index (χ1) is 14.0. The van der Waals surface area contributed by atoms with Gasteiger partial charge >= 0.3 is 6.03 Å². The van der Waals surface area contributed by atoms with Gasteiger partial charge in [0.2, 0.25) is 0 Å². The number of benzene rings is 2. The minimum atomic E-state index is -0.292. The van der Waals surface area contributed by atoms with E-state index in [1.54, 1.807) is 31.5 Å². The summed E-state index contributed by atoms with van der Waals surface area (Å²) in [5.74, 6) is 0.896. The lowest BCUT2D eigenvalue weighted by Gasteiger charge is -2.17. The maximum absolute atomic E-state index is 11.9. The number of aromatic hydroxyl groups is 1. The number of methoxy groups -OCH3 is 1. The highest BCUT2D eigenvalue weighted by molar-refractivity contribution is 5.92. The predicted molar refractivity (Wildman–Crippen MR) is 116 cm³/mol. The number of fused-ring (bicyclic) bond motifs is 1. The molecule has 0 aliphatic heterocycles. The Kier molecular flexibility index (Phi) is 6.73. The fourth-order valence-electron chi connectivity index (χ4n) is 3.10. The molecule has 0 bridgehead atoms. The zero-order chi connectivity index (χ0) is 20.6. The number of amides is 2. The smallest absolute Gasteiger partial charge is 0.319 e. The van der Waals surface area contributed by atoms with Crippen LogP contribution in [0.15, 0.2) is 54.7 Å². The summed E-state index contributed by atoms with van der Waals surface area (Å²) in [5, 5.41) is 19.5. The monoisotopic (exact) mass is 394 g/mol. The van der Waals surface area contributed by atoms with E-state index in [4.69, 9.17) is 4.74 Å². The van der Waals surface area contributed by atoms with E-state index in [0.717, 1.165) is 35.2 Å². The molecule has 29 heavy (non-hydrogen) atoms. The van der Waals surface area contributed by atoms with Gasteiger partial charge in [-0.15, -0.1) is 0 Å². The molecule has 7 heteroatoms. The number of pyridine rings is 1. The average molecular weight is 394 g/mol. The molecule has 4 N–H and O–H groups in total. The Morgan fingerprint density at radius 2 is 2.07 bits per heavy atom. The van der Waals surface area contributed by atoms with Crippen molar-refractivity contribution in [3.05, 3.63) is 54.7 Å². The number of nitrogens with zero attached hydrogens (tertiary/aromatic N) is 1. The van der Waals surface area contributed by atoms with Crippen LogP contribution in [0.3, 0.4) is 0 Å². The summed E-state index contributed by atoms with van der Waals surface area (Å²) in [6.45, 7) is 2.65. The number of hydrogen-bond acceptors (Lipinski definition) is 5. The second kappa shape index (κ2) is 9.64. The van der Waals surface area contributed by atoms with Crippen molar-refractivity contribution in [1.29, 1.82) is 0 Å². The van der Waals surface area contributed by atoms with E-state index in [0.29, 0.717) is 12.2 Å². The third-order valence-electron chi connectivity index (χ3n) is 4.52. The van der Waals surface area contributed by atoms with Crippen LogP contribution in [-0.2, 0) is 0 Å². The molecule has 1 unspecified atom stereocenters. The van der Waals surface area contributed by atoms with Gasteiger partial charge in [0, 0.05) is 42.0 Å². The standard InChI is InChI=1S/C22H26N4O3/c1-15(6-4-11-24-22(28)26-17-8-3-9-18(27)13-17)25-20-14-19(29-2)12-16-7-5-10-23-21(16)20/h3,5,7-10,12-15,25,27H,4,6,11H2,1-2H3,(H2,24,26,28). The zero-order valence-corrected chi connectivity index (χ0v) is 16.6. The maximum atomic E-state index is 11.9. The van der Waals surface area contributed by atoms with Crippen molar-refractivity contribution < 1.29 is 14.6 Å². The molecule has 1 atom stereocenters. The number of anilines is 2. The minimum Gasteiger partial charge on any atom is -0.508 e. The molecule has 0 aliphatic rings. The van der Waals surface area contributed by atoms with Crippen LogP contribution in [0, 0.1) is 0 Å². The fraction of sp³-hybridized carbons (Fsp3) is 0.273. The summed E-state index contributed by atoms with van der Waals surface area (Å²) in [6.07, 6.45) is 3.47. The molecule has 2 aromatic carbocycles. The van der Waals surface area contributed by atoms with E-state index in [9.17, 15) is 9.90 Å². The number of ether oxygens (including phenoxy) is 1. The Morgan fingerprint density at radius 1 is 1.21 bits per heavy atom. The lowest BCUT2D eigenvalue weighted by atomic mass is 10.1. The Bertz CT molecular complexity index is 977. The summed E-state index contributed by atoms with van der Waals surface area (Å²) in [5.41, 5.74) is 2.39. The highest BCUT2D eigenvalue weighted by Crippen LogP contribution is 2.28. The van der Waals surface area contributed by atoms with Gasteiger partial charge in [-0.3, -0.25) is 4.98 Å². The SMILES string of the molecule is COc1cc(NC(C)CCCNC(=O)Nc2cccc(O)c2)c2ncccc2c1. The van der Waals surface area contributed by atoms with Crippen LogP contribution in [-0.4, -0.2) is 35.8 Å². The van der Waals surface area contributed by atoms with Crippen LogP contribution in [0.25, 0.3) is 10.9 Å². The molecule has 1 heterocycles. The van der Waals surface area contributed by atoms with E-state index < -0.39 is 0 Å². The number of hydrogen-bond donors (Lipinski definition) is 4. The molecule has 3 rings (SSSR count). The van der Waals surface area contributed by atoms with Crippen LogP contribution < -0.4 is 20.7 Å². The highest BCUT2D eigenvalue weighted by Gasteiger charge is 2.09. The minimum absolute atomic E-state index is 0.113. The van der Waals surface area contributed by atoms with Crippen LogP contribution in [0.4, 0.5) is 16.2 Å². The topological polar surface area (TPSA) is 95.5 Å². The van der Waals surface area contributed by atoms with E-state index in [2.05, 4.69) is 27.9 Å². The van der Waals surface area contributed by atoms with E-state index in [1.165, 1.54) is 6.07 Å². The van der Waals surface area contributed by atoms with Crippen LogP contribution in [0.1, 0.15) is 19.8 Å². The first kappa shape index (κ1) is 20.3. The third kappa shape index (κ3) is 5.75. The largest absolute Gasteiger partial charge is 0.508 e. The molecular weight excluding hydrogens is 368 g/mol. The quantitative estimate of drug-likeness (QED) is 0.426. The summed E-state index contributed by atoms with van der Waals surface area (Å²) in [7, 11) is 1.65. The molecule has 0 saturated heterocycles. The normalized spacial score (nSPS) is 11.7. The van der Waals surface area contributed by atoms with Gasteiger partial charge in [-0.25, -0.2) is 4.79 Å². The van der Waals surface area contributed by atoms with Gasteiger partial charge in [0.15, 0.2) is 0 Å². The summed E-state index contributed by atoms with van der Waals surface area (Å²) >= 11 is 0. The lowest BCUT2D eigenvalue weighted by Crippen LogP contribution is -2.30. The summed E-state index contributed by atoms with van der Waals surface area (Å²) in [4.78, 5) is 16.4. The molecule has 152 valence electrons. The van der Waals surface area contributed by atoms with E-state index in [1.807, 2.05) is 24.3 Å². The zero-order valence-electron chi connectivity index (χ0n) is 16.6. The number of nitrogens with one attached hydrogen (secondary N) is 3. The molecule has 0 radical (unpaired) electrons. The Hall–Kier alpha value is -3.48. The predicted octanol–water partition coefficient (Wildman–Crippen LogP) is 4.35. The first-order valence-electron chi connectivity index (χ1n) is 9.58. The summed E-state index contributed by atoms with van der Waals surface area (Å²) < 4.78 is 5.39. The lowest BCUT2D eigenvalue weighted by molar-refractivity contribution is 0.252. The third-order valence-corrected chi connectivity index (χ3v) is 4.52. The molecule has 0 spiro atoms.